The van der Waals surface area contributed by atoms with Gasteiger partial charge >= 0.3 is 5.97 Å². The zero-order chi connectivity index (χ0) is 11.1. The molecule has 1 N–H and O–H groups in total. The third-order valence-electron chi connectivity index (χ3n) is 2.91. The Balaban J connectivity index is 2.57. The van der Waals surface area contributed by atoms with Crippen molar-refractivity contribution in [1.82, 2.24) is 0 Å². The predicted octanol–water partition coefficient (Wildman–Crippen LogP) is 1.59. The van der Waals surface area contributed by atoms with Gasteiger partial charge in [-0.25, -0.2) is 0 Å². The molecule has 0 aliphatic heterocycles. The Kier molecular flexibility index (Phi) is 2.65. The van der Waals surface area contributed by atoms with Crippen LogP contribution in [-0.4, -0.2) is 23.3 Å². The van der Waals surface area contributed by atoms with Crippen molar-refractivity contribution in [1.29, 1.82) is 0 Å². The Labute approximate surface area is 85.5 Å². The highest BCUT2D eigenvalue weighted by atomic mass is 16.6. The lowest BCUT2D eigenvalue weighted by molar-refractivity contribution is -0.157. The van der Waals surface area contributed by atoms with Crippen LogP contribution < -0.4 is 0 Å². The molecule has 2 atom stereocenters. The van der Waals surface area contributed by atoms with E-state index in [-0.39, 0.29) is 29.8 Å². The van der Waals surface area contributed by atoms with Gasteiger partial charge in [0.05, 0.1) is 5.92 Å². The number of hydrogen-bond acceptors (Lipinski definition) is 3. The molecule has 0 heterocycles. The van der Waals surface area contributed by atoms with Crippen LogP contribution in [0.5, 0.6) is 0 Å². The minimum absolute atomic E-state index is 0.0664. The normalized spacial score (nSPS) is 29.9. The van der Waals surface area contributed by atoms with E-state index in [0.29, 0.717) is 0 Å². The van der Waals surface area contributed by atoms with Crippen molar-refractivity contribution in [2.75, 3.05) is 6.61 Å². The van der Waals surface area contributed by atoms with Gasteiger partial charge in [0.1, 0.15) is 5.60 Å². The molecule has 0 amide bonds. The quantitative estimate of drug-likeness (QED) is 0.689. The van der Waals surface area contributed by atoms with E-state index in [9.17, 15) is 4.79 Å². The minimum Gasteiger partial charge on any atom is -0.460 e. The lowest BCUT2D eigenvalue weighted by atomic mass is 10.1. The summed E-state index contributed by atoms with van der Waals surface area (Å²) in [5, 5.41) is 9.05. The number of hydrogen-bond donors (Lipinski definition) is 1. The third kappa shape index (κ3) is 2.08. The molecule has 0 saturated heterocycles. The summed E-state index contributed by atoms with van der Waals surface area (Å²) in [6, 6.07) is 0. The van der Waals surface area contributed by atoms with Gasteiger partial charge in [0.2, 0.25) is 0 Å². The van der Waals surface area contributed by atoms with Gasteiger partial charge < -0.3 is 9.84 Å². The first-order valence-electron chi connectivity index (χ1n) is 5.04. The largest absolute Gasteiger partial charge is 0.460 e. The molecule has 0 aromatic heterocycles. The highest BCUT2D eigenvalue weighted by Crippen LogP contribution is 2.58. The molecule has 0 radical (unpaired) electrons. The van der Waals surface area contributed by atoms with Crippen LogP contribution in [0.15, 0.2) is 0 Å². The van der Waals surface area contributed by atoms with E-state index in [4.69, 9.17) is 9.84 Å². The van der Waals surface area contributed by atoms with Crippen LogP contribution in [0, 0.1) is 17.3 Å². The van der Waals surface area contributed by atoms with Crippen LogP contribution in [0.3, 0.4) is 0 Å². The van der Waals surface area contributed by atoms with Crippen molar-refractivity contribution in [3.8, 4) is 0 Å². The molecule has 2 unspecified atom stereocenters. The Hall–Kier alpha value is -0.570. The first-order chi connectivity index (χ1) is 6.20. The summed E-state index contributed by atoms with van der Waals surface area (Å²) in [4.78, 5) is 11.7. The summed E-state index contributed by atoms with van der Waals surface area (Å²) in [6.45, 7) is 9.61. The molecule has 0 bridgehead atoms. The van der Waals surface area contributed by atoms with Crippen LogP contribution >= 0.6 is 0 Å². The molecule has 14 heavy (non-hydrogen) atoms. The molecule has 3 heteroatoms. The van der Waals surface area contributed by atoms with Gasteiger partial charge in [-0.2, -0.15) is 0 Å². The van der Waals surface area contributed by atoms with Crippen molar-refractivity contribution < 1.29 is 14.6 Å². The lowest BCUT2D eigenvalue weighted by Gasteiger charge is -2.20. The smallest absolute Gasteiger partial charge is 0.310 e. The number of carbonyl (C=O) groups excluding carboxylic acids is 1. The molecule has 3 nitrogen and oxygen atoms in total. The van der Waals surface area contributed by atoms with E-state index in [1.54, 1.807) is 0 Å². The number of carbonyl (C=O) groups is 1. The predicted molar refractivity (Wildman–Crippen MR) is 53.7 cm³/mol. The summed E-state index contributed by atoms with van der Waals surface area (Å²) in [7, 11) is 0. The maximum absolute atomic E-state index is 11.7. The van der Waals surface area contributed by atoms with Crippen LogP contribution in [-0.2, 0) is 9.53 Å². The number of aliphatic hydroxyl groups is 1. The summed E-state index contributed by atoms with van der Waals surface area (Å²) >= 11 is 0. The summed E-state index contributed by atoms with van der Waals surface area (Å²) < 4.78 is 5.28. The second-order valence-electron chi connectivity index (χ2n) is 5.62. The van der Waals surface area contributed by atoms with Gasteiger partial charge in [-0.15, -0.1) is 0 Å². The molecule has 1 saturated carbocycles. The van der Waals surface area contributed by atoms with Gasteiger partial charge in [0.15, 0.2) is 0 Å². The molecule has 1 fully saturated rings. The average Bonchev–Trinajstić information content (AvgIpc) is 2.48. The Morgan fingerprint density at radius 1 is 1.43 bits per heavy atom. The maximum Gasteiger partial charge on any atom is 0.310 e. The van der Waals surface area contributed by atoms with E-state index in [2.05, 4.69) is 0 Å². The molecule has 82 valence electrons. The van der Waals surface area contributed by atoms with E-state index >= 15 is 0 Å². The minimum atomic E-state index is -0.435. The topological polar surface area (TPSA) is 46.5 Å². The Morgan fingerprint density at radius 2 is 1.93 bits per heavy atom. The maximum atomic E-state index is 11.7. The molecular formula is C11H20O3. The summed E-state index contributed by atoms with van der Waals surface area (Å²) in [5.74, 6) is -0.245. The molecule has 0 aromatic rings. The third-order valence-corrected chi connectivity index (χ3v) is 2.91. The van der Waals surface area contributed by atoms with Crippen molar-refractivity contribution in [3.05, 3.63) is 0 Å². The van der Waals surface area contributed by atoms with Gasteiger partial charge in [0.25, 0.3) is 0 Å². The second kappa shape index (κ2) is 3.23. The number of esters is 1. The monoisotopic (exact) mass is 200 g/mol. The fourth-order valence-electron chi connectivity index (χ4n) is 1.92. The van der Waals surface area contributed by atoms with Crippen molar-refractivity contribution >= 4 is 5.97 Å². The van der Waals surface area contributed by atoms with Crippen LogP contribution in [0.1, 0.15) is 34.6 Å². The Bertz CT molecular complexity index is 237. The first kappa shape index (κ1) is 11.5. The lowest BCUT2D eigenvalue weighted by Crippen LogP contribution is -2.26. The first-order valence-corrected chi connectivity index (χ1v) is 5.04. The fourth-order valence-corrected chi connectivity index (χ4v) is 1.92. The van der Waals surface area contributed by atoms with Gasteiger partial charge in [0, 0.05) is 12.5 Å². The van der Waals surface area contributed by atoms with Gasteiger partial charge in [-0.3, -0.25) is 4.79 Å². The fraction of sp³-hybridized carbons (Fsp3) is 0.909. The molecule has 0 spiro atoms. The zero-order valence-electron chi connectivity index (χ0n) is 9.63. The van der Waals surface area contributed by atoms with Gasteiger partial charge in [-0.05, 0) is 26.2 Å². The Morgan fingerprint density at radius 3 is 2.21 bits per heavy atom. The number of ether oxygens (including phenoxy) is 1. The molecule has 1 aliphatic rings. The van der Waals surface area contributed by atoms with Crippen LogP contribution in [0.25, 0.3) is 0 Å². The van der Waals surface area contributed by atoms with Crippen molar-refractivity contribution in [3.63, 3.8) is 0 Å². The molecular weight excluding hydrogens is 180 g/mol. The molecule has 1 aliphatic carbocycles. The summed E-state index contributed by atoms with van der Waals surface area (Å²) in [6.07, 6.45) is 0. The van der Waals surface area contributed by atoms with E-state index < -0.39 is 5.60 Å². The summed E-state index contributed by atoms with van der Waals surface area (Å²) in [5.41, 5.74) is -0.535. The van der Waals surface area contributed by atoms with E-state index in [1.807, 2.05) is 34.6 Å². The SMILES string of the molecule is CC(C)(C)OC(=O)C1C(CO)C1(C)C. The van der Waals surface area contributed by atoms with Crippen molar-refractivity contribution in [2.24, 2.45) is 17.3 Å². The molecule has 1 rings (SSSR count). The highest BCUT2D eigenvalue weighted by Gasteiger charge is 2.62. The second-order valence-corrected chi connectivity index (χ2v) is 5.62. The molecule has 0 aromatic carbocycles. The van der Waals surface area contributed by atoms with Crippen molar-refractivity contribution in [2.45, 2.75) is 40.2 Å². The van der Waals surface area contributed by atoms with Gasteiger partial charge in [-0.1, -0.05) is 13.8 Å². The van der Waals surface area contributed by atoms with E-state index in [0.717, 1.165) is 0 Å². The number of aliphatic hydroxyl groups excluding tert-OH is 1. The van der Waals surface area contributed by atoms with Crippen LogP contribution in [0.2, 0.25) is 0 Å². The highest BCUT2D eigenvalue weighted by molar-refractivity contribution is 5.78. The standard InChI is InChI=1S/C11H20O3/c1-10(2,3)14-9(13)8-7(6-12)11(8,4)5/h7-8,12H,6H2,1-5H3. The number of rotatable bonds is 2. The van der Waals surface area contributed by atoms with E-state index in [1.165, 1.54) is 0 Å². The average molecular weight is 200 g/mol. The zero-order valence-corrected chi connectivity index (χ0v) is 9.63. The van der Waals surface area contributed by atoms with Crippen LogP contribution in [0.4, 0.5) is 0 Å².